The fourth-order valence-electron chi connectivity index (χ4n) is 7.03. The summed E-state index contributed by atoms with van der Waals surface area (Å²) in [6, 6.07) is 5.62. The van der Waals surface area contributed by atoms with Gasteiger partial charge in [0.25, 0.3) is 0 Å². The summed E-state index contributed by atoms with van der Waals surface area (Å²) in [6.07, 6.45) is 9.75. The number of likely N-dealkylation sites (tertiary alicyclic amines) is 2. The first kappa shape index (κ1) is 22.1. The minimum Gasteiger partial charge on any atom is -0.508 e. The number of amides is 1. The van der Waals surface area contributed by atoms with Gasteiger partial charge < -0.3 is 15.1 Å². The number of aromatic hydroxyl groups is 1. The molecule has 7 nitrogen and oxygen atoms in total. The van der Waals surface area contributed by atoms with Crippen molar-refractivity contribution < 1.29 is 15.0 Å². The van der Waals surface area contributed by atoms with Crippen LogP contribution in [-0.2, 0) is 23.2 Å². The lowest BCUT2D eigenvalue weighted by Gasteiger charge is -2.61. The Balaban J connectivity index is 1.30. The molecule has 182 valence electrons. The van der Waals surface area contributed by atoms with Crippen molar-refractivity contribution in [1.82, 2.24) is 19.6 Å². The lowest BCUT2D eigenvalue weighted by atomic mass is 9.52. The van der Waals surface area contributed by atoms with Gasteiger partial charge in [0.2, 0.25) is 5.91 Å². The van der Waals surface area contributed by atoms with Gasteiger partial charge in [0, 0.05) is 50.3 Å². The minimum atomic E-state index is -0.968. The zero-order valence-corrected chi connectivity index (χ0v) is 20.1. The van der Waals surface area contributed by atoms with Crippen LogP contribution in [0.15, 0.2) is 30.6 Å². The number of aryl methyl sites for hydroxylation is 2. The summed E-state index contributed by atoms with van der Waals surface area (Å²) in [5, 5.41) is 27.2. The molecule has 2 N–H and O–H groups in total. The number of carbonyl (C=O) groups excluding carboxylic acids is 1. The Bertz CT molecular complexity index is 1100. The molecule has 1 saturated carbocycles. The second-order valence-electron chi connectivity index (χ2n) is 11.2. The summed E-state index contributed by atoms with van der Waals surface area (Å²) in [7, 11) is 0. The van der Waals surface area contributed by atoms with E-state index >= 15 is 0 Å². The number of phenols is 1. The monoisotopic (exact) mass is 464 g/mol. The van der Waals surface area contributed by atoms with E-state index in [4.69, 9.17) is 0 Å². The Morgan fingerprint density at radius 2 is 2.03 bits per heavy atom. The SMILES string of the molecule is Cc1cnn(CCCN2CCC3(O)C4Cc5ccc(O)cc5C3(CCN4CC3CC3)CC2=O)c1. The topological polar surface area (TPSA) is 81.8 Å². The molecule has 0 spiro atoms. The van der Waals surface area contributed by atoms with Crippen LogP contribution < -0.4 is 0 Å². The smallest absolute Gasteiger partial charge is 0.223 e. The van der Waals surface area contributed by atoms with Gasteiger partial charge in [0.05, 0.1) is 11.8 Å². The number of fused-ring (bicyclic) bond motifs is 1. The van der Waals surface area contributed by atoms with Gasteiger partial charge in [0.1, 0.15) is 5.75 Å². The third kappa shape index (κ3) is 3.55. The van der Waals surface area contributed by atoms with Crippen LogP contribution in [0.3, 0.4) is 0 Å². The fourth-order valence-corrected chi connectivity index (χ4v) is 7.03. The Morgan fingerprint density at radius 1 is 1.18 bits per heavy atom. The molecule has 1 aromatic carbocycles. The predicted molar refractivity (Wildman–Crippen MR) is 129 cm³/mol. The number of hydrogen-bond acceptors (Lipinski definition) is 5. The van der Waals surface area contributed by atoms with Crippen LogP contribution in [0.2, 0.25) is 0 Å². The molecular formula is C27H36N4O3. The predicted octanol–water partition coefficient (Wildman–Crippen LogP) is 2.62. The molecule has 1 amide bonds. The average Bonchev–Trinajstić information content (AvgIpc) is 3.54. The Morgan fingerprint density at radius 3 is 2.79 bits per heavy atom. The second-order valence-corrected chi connectivity index (χ2v) is 11.2. The van der Waals surface area contributed by atoms with E-state index in [9.17, 15) is 15.0 Å². The van der Waals surface area contributed by atoms with E-state index in [-0.39, 0.29) is 17.7 Å². The van der Waals surface area contributed by atoms with Crippen molar-refractivity contribution in [3.05, 3.63) is 47.3 Å². The highest BCUT2D eigenvalue weighted by atomic mass is 16.3. The maximum Gasteiger partial charge on any atom is 0.223 e. The van der Waals surface area contributed by atoms with E-state index in [1.165, 1.54) is 18.4 Å². The van der Waals surface area contributed by atoms with Gasteiger partial charge >= 0.3 is 0 Å². The zero-order valence-electron chi connectivity index (χ0n) is 20.1. The van der Waals surface area contributed by atoms with E-state index < -0.39 is 11.0 Å². The third-order valence-electron chi connectivity index (χ3n) is 9.00. The first-order valence-corrected chi connectivity index (χ1v) is 12.9. The molecule has 3 heterocycles. The summed E-state index contributed by atoms with van der Waals surface area (Å²) in [5.74, 6) is 1.10. The van der Waals surface area contributed by atoms with Crippen LogP contribution in [0.1, 0.15) is 55.2 Å². The Hall–Kier alpha value is -2.38. The average molecular weight is 465 g/mol. The van der Waals surface area contributed by atoms with Crippen molar-refractivity contribution in [2.24, 2.45) is 5.92 Å². The number of nitrogens with zero attached hydrogens (tertiary/aromatic N) is 4. The number of piperidine rings is 1. The molecule has 2 saturated heterocycles. The number of hydrogen-bond donors (Lipinski definition) is 2. The van der Waals surface area contributed by atoms with E-state index in [0.29, 0.717) is 25.9 Å². The van der Waals surface area contributed by atoms with Crippen molar-refractivity contribution >= 4 is 5.91 Å². The molecule has 2 aliphatic heterocycles. The molecule has 3 unspecified atom stereocenters. The zero-order chi connectivity index (χ0) is 23.5. The summed E-state index contributed by atoms with van der Waals surface area (Å²) in [6.45, 7) is 6.03. The van der Waals surface area contributed by atoms with Crippen LogP contribution in [-0.4, -0.2) is 73.5 Å². The van der Waals surface area contributed by atoms with E-state index in [2.05, 4.69) is 10.00 Å². The molecule has 2 aromatic rings. The molecule has 34 heavy (non-hydrogen) atoms. The largest absolute Gasteiger partial charge is 0.508 e. The van der Waals surface area contributed by atoms with Gasteiger partial charge in [-0.1, -0.05) is 6.07 Å². The number of phenolic OH excluding ortho intramolecular Hbond substituents is 1. The lowest BCUT2D eigenvalue weighted by Crippen LogP contribution is -2.71. The first-order chi connectivity index (χ1) is 16.4. The summed E-state index contributed by atoms with van der Waals surface area (Å²) >= 11 is 0. The van der Waals surface area contributed by atoms with E-state index in [0.717, 1.165) is 55.9 Å². The number of aliphatic hydroxyl groups is 1. The van der Waals surface area contributed by atoms with Crippen LogP contribution in [0.4, 0.5) is 0 Å². The van der Waals surface area contributed by atoms with E-state index in [1.807, 2.05) is 41.0 Å². The first-order valence-electron chi connectivity index (χ1n) is 12.9. The van der Waals surface area contributed by atoms with Crippen LogP contribution in [0.5, 0.6) is 5.75 Å². The number of benzene rings is 1. The van der Waals surface area contributed by atoms with E-state index in [1.54, 1.807) is 6.07 Å². The summed E-state index contributed by atoms with van der Waals surface area (Å²) in [5.41, 5.74) is 1.73. The normalized spacial score (nSPS) is 31.2. The Kier molecular flexibility index (Phi) is 5.26. The minimum absolute atomic E-state index is 0.0266. The number of aromatic nitrogens is 2. The second kappa shape index (κ2) is 8.09. The fraction of sp³-hybridized carbons (Fsp3) is 0.630. The lowest BCUT2D eigenvalue weighted by molar-refractivity contribution is -0.153. The van der Waals surface area contributed by atoms with Crippen LogP contribution >= 0.6 is 0 Å². The van der Waals surface area contributed by atoms with Crippen molar-refractivity contribution in [1.29, 1.82) is 0 Å². The van der Waals surface area contributed by atoms with Crippen molar-refractivity contribution in [3.8, 4) is 5.75 Å². The molecule has 3 atom stereocenters. The van der Waals surface area contributed by atoms with Crippen LogP contribution in [0.25, 0.3) is 0 Å². The van der Waals surface area contributed by atoms with Crippen LogP contribution in [0, 0.1) is 12.8 Å². The maximum atomic E-state index is 13.6. The molecule has 2 bridgehead atoms. The molecule has 6 rings (SSSR count). The van der Waals surface area contributed by atoms with Gasteiger partial charge in [-0.25, -0.2) is 0 Å². The molecule has 7 heteroatoms. The number of rotatable bonds is 6. The van der Waals surface area contributed by atoms with Gasteiger partial charge in [-0.05, 0) is 86.7 Å². The van der Waals surface area contributed by atoms with Crippen molar-refractivity contribution in [2.75, 3.05) is 26.2 Å². The molecule has 3 fully saturated rings. The highest BCUT2D eigenvalue weighted by molar-refractivity contribution is 5.79. The molecule has 2 aliphatic carbocycles. The Labute approximate surface area is 201 Å². The quantitative estimate of drug-likeness (QED) is 0.687. The van der Waals surface area contributed by atoms with Crippen molar-refractivity contribution in [2.45, 2.75) is 75.5 Å². The highest BCUT2D eigenvalue weighted by Gasteiger charge is 2.64. The van der Waals surface area contributed by atoms with Gasteiger partial charge in [-0.3, -0.25) is 14.4 Å². The highest BCUT2D eigenvalue weighted by Crippen LogP contribution is 2.57. The molecule has 1 aromatic heterocycles. The van der Waals surface area contributed by atoms with Gasteiger partial charge in [-0.15, -0.1) is 0 Å². The third-order valence-corrected chi connectivity index (χ3v) is 9.00. The summed E-state index contributed by atoms with van der Waals surface area (Å²) in [4.78, 5) is 18.1. The molecule has 4 aliphatic rings. The number of carbonyl (C=O) groups is 1. The van der Waals surface area contributed by atoms with Gasteiger partial charge in [0.15, 0.2) is 0 Å². The standard InChI is InChI=1S/C27H36N4O3/c1-19-16-28-31(17-19)10-2-9-29-12-8-27(34)24-13-21-5-6-22(32)14-23(21)26(27,15-25(29)33)7-11-30(24)18-20-3-4-20/h5-6,14,16-17,20,24,32,34H,2-4,7-13,15,18H2,1H3. The molecular weight excluding hydrogens is 428 g/mol. The molecule has 0 radical (unpaired) electrons. The summed E-state index contributed by atoms with van der Waals surface area (Å²) < 4.78 is 1.94. The maximum absolute atomic E-state index is 13.6. The van der Waals surface area contributed by atoms with Crippen molar-refractivity contribution in [3.63, 3.8) is 0 Å². The van der Waals surface area contributed by atoms with Gasteiger partial charge in [-0.2, -0.15) is 5.10 Å².